The minimum Gasteiger partial charge on any atom is -0.301 e. The van der Waals surface area contributed by atoms with Gasteiger partial charge >= 0.3 is 0 Å². The first kappa shape index (κ1) is 14.0. The van der Waals surface area contributed by atoms with Crippen LogP contribution in [0.1, 0.15) is 31.2 Å². The van der Waals surface area contributed by atoms with Crippen LogP contribution in [0.25, 0.3) is 0 Å². The van der Waals surface area contributed by atoms with Crippen LogP contribution in [0.4, 0.5) is 4.39 Å². The molecule has 1 aromatic rings. The molecule has 1 aromatic carbocycles. The number of nitrogens with zero attached hydrogens (tertiary/aromatic N) is 2. The average molecular weight is 276 g/mol. The lowest BCUT2D eigenvalue weighted by atomic mass is 10.0. The summed E-state index contributed by atoms with van der Waals surface area (Å²) in [6, 6.07) is 7.93. The van der Waals surface area contributed by atoms with Crippen LogP contribution in [0.5, 0.6) is 0 Å². The van der Waals surface area contributed by atoms with Crippen molar-refractivity contribution >= 4 is 0 Å². The van der Waals surface area contributed by atoms with Crippen molar-refractivity contribution in [3.8, 4) is 0 Å². The average Bonchev–Trinajstić information content (AvgIpc) is 2.68. The molecule has 110 valence electrons. The van der Waals surface area contributed by atoms with Crippen LogP contribution in [0.2, 0.25) is 0 Å². The van der Waals surface area contributed by atoms with Crippen LogP contribution in [0.15, 0.2) is 24.3 Å². The predicted molar refractivity (Wildman–Crippen MR) is 80.4 cm³/mol. The lowest BCUT2D eigenvalue weighted by Gasteiger charge is -2.35. The van der Waals surface area contributed by atoms with E-state index in [4.69, 9.17) is 0 Å². The Bertz CT molecular complexity index is 435. The molecule has 0 bridgehead atoms. The molecule has 0 spiro atoms. The fourth-order valence-corrected chi connectivity index (χ4v) is 3.63. The van der Waals surface area contributed by atoms with Gasteiger partial charge in [-0.1, -0.05) is 24.6 Å². The highest BCUT2D eigenvalue weighted by Crippen LogP contribution is 2.21. The van der Waals surface area contributed by atoms with E-state index >= 15 is 0 Å². The van der Waals surface area contributed by atoms with E-state index < -0.39 is 0 Å². The van der Waals surface area contributed by atoms with E-state index in [2.05, 4.69) is 9.80 Å². The topological polar surface area (TPSA) is 6.48 Å². The molecule has 1 unspecified atom stereocenters. The number of benzene rings is 1. The predicted octanol–water partition coefficient (Wildman–Crippen LogP) is 2.93. The fourth-order valence-electron chi connectivity index (χ4n) is 3.63. The lowest BCUT2D eigenvalue weighted by molar-refractivity contribution is 0.137. The molecular formula is C17H25FN2. The monoisotopic (exact) mass is 276 g/mol. The fraction of sp³-hybridized carbons (Fsp3) is 0.647. The standard InChI is InChI=1S/C17H25FN2/c18-17-8-2-1-6-15(17)9-13-19-10-5-12-20-11-4-3-7-16(20)14-19/h1-2,6,8,16H,3-5,7,9-14H2. The molecule has 1 atom stereocenters. The summed E-state index contributed by atoms with van der Waals surface area (Å²) in [5.41, 5.74) is 0.859. The Balaban J connectivity index is 1.56. The van der Waals surface area contributed by atoms with Crippen LogP contribution < -0.4 is 0 Å². The first-order chi connectivity index (χ1) is 9.83. The van der Waals surface area contributed by atoms with Crippen molar-refractivity contribution in [1.29, 1.82) is 0 Å². The van der Waals surface area contributed by atoms with Gasteiger partial charge in [0.25, 0.3) is 0 Å². The second-order valence-corrected chi connectivity index (χ2v) is 6.18. The van der Waals surface area contributed by atoms with Crippen molar-refractivity contribution in [3.05, 3.63) is 35.6 Å². The molecule has 0 aromatic heterocycles. The minimum atomic E-state index is -0.0541. The molecule has 2 fully saturated rings. The highest BCUT2D eigenvalue weighted by atomic mass is 19.1. The molecule has 0 radical (unpaired) electrons. The maximum atomic E-state index is 13.7. The summed E-state index contributed by atoms with van der Waals surface area (Å²) in [6.45, 7) is 5.87. The van der Waals surface area contributed by atoms with Gasteiger partial charge < -0.3 is 4.90 Å². The van der Waals surface area contributed by atoms with Crippen LogP contribution in [0, 0.1) is 5.82 Å². The summed E-state index contributed by atoms with van der Waals surface area (Å²) >= 11 is 0. The molecule has 2 saturated heterocycles. The molecule has 0 amide bonds. The van der Waals surface area contributed by atoms with Gasteiger partial charge in [-0.3, -0.25) is 4.90 Å². The van der Waals surface area contributed by atoms with Crippen LogP contribution in [-0.2, 0) is 6.42 Å². The van der Waals surface area contributed by atoms with E-state index in [0.29, 0.717) is 0 Å². The molecule has 2 nitrogen and oxygen atoms in total. The number of rotatable bonds is 3. The minimum absolute atomic E-state index is 0.0541. The Morgan fingerprint density at radius 2 is 1.90 bits per heavy atom. The Labute approximate surface area is 121 Å². The Kier molecular flexibility index (Phi) is 4.69. The highest BCUT2D eigenvalue weighted by molar-refractivity contribution is 5.17. The van der Waals surface area contributed by atoms with Gasteiger partial charge in [0.1, 0.15) is 5.82 Å². The summed E-state index contributed by atoms with van der Waals surface area (Å²) in [7, 11) is 0. The van der Waals surface area contributed by atoms with E-state index in [1.807, 2.05) is 12.1 Å². The van der Waals surface area contributed by atoms with Crippen molar-refractivity contribution in [2.24, 2.45) is 0 Å². The summed E-state index contributed by atoms with van der Waals surface area (Å²) in [5.74, 6) is -0.0541. The normalized spacial score (nSPS) is 25.1. The first-order valence-corrected chi connectivity index (χ1v) is 8.03. The summed E-state index contributed by atoms with van der Waals surface area (Å²) in [4.78, 5) is 5.22. The molecule has 0 saturated carbocycles. The van der Waals surface area contributed by atoms with E-state index in [9.17, 15) is 4.39 Å². The molecule has 2 aliphatic rings. The van der Waals surface area contributed by atoms with Gasteiger partial charge in [0.15, 0.2) is 0 Å². The zero-order valence-electron chi connectivity index (χ0n) is 12.2. The lowest BCUT2D eigenvalue weighted by Crippen LogP contribution is -2.44. The van der Waals surface area contributed by atoms with Crippen molar-refractivity contribution in [2.75, 3.05) is 32.7 Å². The molecule has 0 N–H and O–H groups in total. The second kappa shape index (κ2) is 6.68. The SMILES string of the molecule is Fc1ccccc1CCN1CCCN2CCCCC2C1. The first-order valence-electron chi connectivity index (χ1n) is 8.03. The van der Waals surface area contributed by atoms with Gasteiger partial charge in [-0.15, -0.1) is 0 Å². The van der Waals surface area contributed by atoms with E-state index in [1.165, 1.54) is 51.9 Å². The van der Waals surface area contributed by atoms with Crippen molar-refractivity contribution in [3.63, 3.8) is 0 Å². The van der Waals surface area contributed by atoms with Crippen LogP contribution in [0.3, 0.4) is 0 Å². The Morgan fingerprint density at radius 1 is 1.05 bits per heavy atom. The molecule has 2 aliphatic heterocycles. The molecule has 3 heteroatoms. The highest BCUT2D eigenvalue weighted by Gasteiger charge is 2.26. The molecule has 3 rings (SSSR count). The number of hydrogen-bond donors (Lipinski definition) is 0. The number of fused-ring (bicyclic) bond motifs is 1. The number of piperidine rings is 1. The van der Waals surface area contributed by atoms with Gasteiger partial charge in [0.05, 0.1) is 0 Å². The second-order valence-electron chi connectivity index (χ2n) is 6.18. The van der Waals surface area contributed by atoms with Crippen molar-refractivity contribution < 1.29 is 4.39 Å². The smallest absolute Gasteiger partial charge is 0.126 e. The number of halogens is 1. The Morgan fingerprint density at radius 3 is 2.80 bits per heavy atom. The third-order valence-corrected chi connectivity index (χ3v) is 4.79. The van der Waals surface area contributed by atoms with Gasteiger partial charge in [0, 0.05) is 19.1 Å². The third kappa shape index (κ3) is 3.39. The quantitative estimate of drug-likeness (QED) is 0.837. The van der Waals surface area contributed by atoms with Crippen molar-refractivity contribution in [1.82, 2.24) is 9.80 Å². The summed E-state index contributed by atoms with van der Waals surface area (Å²) in [5, 5.41) is 0. The van der Waals surface area contributed by atoms with Gasteiger partial charge in [-0.05, 0) is 56.9 Å². The zero-order valence-corrected chi connectivity index (χ0v) is 12.2. The molecule has 2 heterocycles. The molecule has 20 heavy (non-hydrogen) atoms. The van der Waals surface area contributed by atoms with Crippen LogP contribution in [-0.4, -0.2) is 48.6 Å². The largest absolute Gasteiger partial charge is 0.301 e. The summed E-state index contributed by atoms with van der Waals surface area (Å²) in [6.07, 6.45) is 6.18. The Hall–Kier alpha value is -0.930. The van der Waals surface area contributed by atoms with E-state index in [1.54, 1.807) is 12.1 Å². The maximum Gasteiger partial charge on any atom is 0.126 e. The van der Waals surface area contributed by atoms with E-state index in [0.717, 1.165) is 24.6 Å². The van der Waals surface area contributed by atoms with Gasteiger partial charge in [-0.25, -0.2) is 4.39 Å². The van der Waals surface area contributed by atoms with Gasteiger partial charge in [0.2, 0.25) is 0 Å². The zero-order chi connectivity index (χ0) is 13.8. The third-order valence-electron chi connectivity index (χ3n) is 4.79. The molecular weight excluding hydrogens is 251 g/mol. The maximum absolute atomic E-state index is 13.7. The molecule has 0 aliphatic carbocycles. The van der Waals surface area contributed by atoms with E-state index in [-0.39, 0.29) is 5.82 Å². The summed E-state index contributed by atoms with van der Waals surface area (Å²) < 4.78 is 13.7. The van der Waals surface area contributed by atoms with Crippen molar-refractivity contribution in [2.45, 2.75) is 38.1 Å². The van der Waals surface area contributed by atoms with Gasteiger partial charge in [-0.2, -0.15) is 0 Å². The van der Waals surface area contributed by atoms with Crippen LogP contribution >= 0.6 is 0 Å². The number of hydrogen-bond acceptors (Lipinski definition) is 2.